The number of nitrogens with one attached hydrogen (secondary N) is 1. The minimum atomic E-state index is -0.340. The maximum atomic E-state index is 13.4. The highest BCUT2D eigenvalue weighted by atomic mass is 19.1. The lowest BCUT2D eigenvalue weighted by Gasteiger charge is -2.07. The Kier molecular flexibility index (Phi) is 3.80. The number of carbonyl (C=O) groups is 1. The van der Waals surface area contributed by atoms with E-state index < -0.39 is 0 Å². The number of benzene rings is 2. The minimum absolute atomic E-state index is 0.286. The fraction of sp³-hybridized carbons (Fsp3) is 0.133. The predicted molar refractivity (Wildman–Crippen MR) is 72.1 cm³/mol. The van der Waals surface area contributed by atoms with Gasteiger partial charge in [-0.15, -0.1) is 0 Å². The van der Waals surface area contributed by atoms with E-state index in [0.717, 1.165) is 0 Å². The number of halogens is 1. The van der Waals surface area contributed by atoms with Crippen molar-refractivity contribution in [3.05, 3.63) is 59.4 Å². The van der Waals surface area contributed by atoms with Crippen LogP contribution in [0.25, 0.3) is 0 Å². The third-order valence-electron chi connectivity index (χ3n) is 2.78. The lowest BCUT2D eigenvalue weighted by molar-refractivity contribution is 0.102. The van der Waals surface area contributed by atoms with Gasteiger partial charge in [0, 0.05) is 11.3 Å². The molecule has 0 atom stereocenters. The van der Waals surface area contributed by atoms with Crippen molar-refractivity contribution >= 4 is 11.6 Å². The standard InChI is InChI=1S/C15H14FNO2/c1-10-3-6-12(9-14(10)16)17-15(18)11-4-7-13(19-2)8-5-11/h3-9H,1-2H3,(H,17,18). The molecule has 0 saturated heterocycles. The van der Waals surface area contributed by atoms with Crippen molar-refractivity contribution in [2.45, 2.75) is 6.92 Å². The number of ether oxygens (including phenoxy) is 1. The van der Waals surface area contributed by atoms with E-state index in [1.54, 1.807) is 50.4 Å². The van der Waals surface area contributed by atoms with Gasteiger partial charge in [0.15, 0.2) is 0 Å². The summed E-state index contributed by atoms with van der Waals surface area (Å²) in [5.74, 6) is 0.0522. The normalized spacial score (nSPS) is 10.1. The molecule has 0 unspecified atom stereocenters. The van der Waals surface area contributed by atoms with Gasteiger partial charge < -0.3 is 10.1 Å². The summed E-state index contributed by atoms with van der Waals surface area (Å²) in [7, 11) is 1.56. The van der Waals surface area contributed by atoms with E-state index in [2.05, 4.69) is 5.32 Å². The molecule has 0 aromatic heterocycles. The van der Waals surface area contributed by atoms with E-state index in [1.807, 2.05) is 0 Å². The third-order valence-corrected chi connectivity index (χ3v) is 2.78. The Hall–Kier alpha value is -2.36. The zero-order valence-electron chi connectivity index (χ0n) is 10.7. The van der Waals surface area contributed by atoms with Gasteiger partial charge in [0.05, 0.1) is 7.11 Å². The fourth-order valence-electron chi connectivity index (χ4n) is 1.62. The van der Waals surface area contributed by atoms with Crippen molar-refractivity contribution in [2.75, 3.05) is 12.4 Å². The first-order chi connectivity index (χ1) is 9.10. The lowest BCUT2D eigenvalue weighted by atomic mass is 10.2. The summed E-state index contributed by atoms with van der Waals surface area (Å²) in [5, 5.41) is 2.64. The third kappa shape index (κ3) is 3.10. The predicted octanol–water partition coefficient (Wildman–Crippen LogP) is 3.40. The summed E-state index contributed by atoms with van der Waals surface area (Å²) < 4.78 is 18.4. The molecule has 0 aliphatic heterocycles. The van der Waals surface area contributed by atoms with Gasteiger partial charge >= 0.3 is 0 Å². The van der Waals surface area contributed by atoms with E-state index in [4.69, 9.17) is 4.74 Å². The van der Waals surface area contributed by atoms with Gasteiger partial charge in [-0.25, -0.2) is 4.39 Å². The first kappa shape index (κ1) is 13.1. The monoisotopic (exact) mass is 259 g/mol. The molecule has 0 spiro atoms. The topological polar surface area (TPSA) is 38.3 Å². The van der Waals surface area contributed by atoms with Crippen molar-refractivity contribution < 1.29 is 13.9 Å². The Morgan fingerprint density at radius 2 is 1.84 bits per heavy atom. The van der Waals surface area contributed by atoms with Gasteiger partial charge in [-0.05, 0) is 48.9 Å². The van der Waals surface area contributed by atoms with Crippen molar-refractivity contribution in [3.8, 4) is 5.75 Å². The quantitative estimate of drug-likeness (QED) is 0.917. The van der Waals surface area contributed by atoms with Crippen LogP contribution in [-0.2, 0) is 0 Å². The minimum Gasteiger partial charge on any atom is -0.497 e. The second-order valence-corrected chi connectivity index (χ2v) is 4.15. The molecule has 0 aliphatic carbocycles. The van der Waals surface area contributed by atoms with Crippen LogP contribution in [0.1, 0.15) is 15.9 Å². The number of hydrogen-bond donors (Lipinski definition) is 1. The number of anilines is 1. The highest BCUT2D eigenvalue weighted by molar-refractivity contribution is 6.04. The Labute approximate surface area is 111 Å². The summed E-state index contributed by atoms with van der Waals surface area (Å²) in [4.78, 5) is 11.9. The second kappa shape index (κ2) is 5.52. The molecule has 0 radical (unpaired) electrons. The Bertz CT molecular complexity index is 594. The van der Waals surface area contributed by atoms with E-state index in [9.17, 15) is 9.18 Å². The first-order valence-corrected chi connectivity index (χ1v) is 5.81. The zero-order valence-corrected chi connectivity index (χ0v) is 10.7. The molecule has 98 valence electrons. The highest BCUT2D eigenvalue weighted by Crippen LogP contribution is 2.16. The van der Waals surface area contributed by atoms with Crippen LogP contribution in [0.15, 0.2) is 42.5 Å². The van der Waals surface area contributed by atoms with E-state index in [1.165, 1.54) is 6.07 Å². The van der Waals surface area contributed by atoms with Gasteiger partial charge in [-0.2, -0.15) is 0 Å². The number of amides is 1. The maximum absolute atomic E-state index is 13.4. The average molecular weight is 259 g/mol. The van der Waals surface area contributed by atoms with E-state index in [-0.39, 0.29) is 11.7 Å². The smallest absolute Gasteiger partial charge is 0.255 e. The summed E-state index contributed by atoms with van der Waals surface area (Å²) in [6.07, 6.45) is 0. The lowest BCUT2D eigenvalue weighted by Crippen LogP contribution is -2.11. The molecule has 0 heterocycles. The van der Waals surface area contributed by atoms with E-state index >= 15 is 0 Å². The van der Waals surface area contributed by atoms with Crippen LogP contribution in [0.3, 0.4) is 0 Å². The molecule has 0 fully saturated rings. The van der Waals surface area contributed by atoms with Crippen LogP contribution >= 0.6 is 0 Å². The van der Waals surface area contributed by atoms with E-state index in [0.29, 0.717) is 22.6 Å². The molecule has 1 amide bonds. The highest BCUT2D eigenvalue weighted by Gasteiger charge is 2.07. The van der Waals surface area contributed by atoms with Crippen molar-refractivity contribution in [3.63, 3.8) is 0 Å². The summed E-state index contributed by atoms with van der Waals surface area (Å²) in [6.45, 7) is 1.67. The van der Waals surface area contributed by atoms with Gasteiger partial charge in [-0.3, -0.25) is 4.79 Å². The molecular formula is C15H14FNO2. The van der Waals surface area contributed by atoms with Crippen LogP contribution in [-0.4, -0.2) is 13.0 Å². The summed E-state index contributed by atoms with van der Waals surface area (Å²) in [6, 6.07) is 11.3. The Morgan fingerprint density at radius 1 is 1.16 bits per heavy atom. The molecule has 0 aliphatic rings. The first-order valence-electron chi connectivity index (χ1n) is 5.81. The van der Waals surface area contributed by atoms with Gasteiger partial charge in [0.25, 0.3) is 5.91 Å². The largest absolute Gasteiger partial charge is 0.497 e. The number of hydrogen-bond acceptors (Lipinski definition) is 2. The number of methoxy groups -OCH3 is 1. The molecular weight excluding hydrogens is 245 g/mol. The molecule has 0 bridgehead atoms. The van der Waals surface area contributed by atoms with Crippen LogP contribution in [0.4, 0.5) is 10.1 Å². The SMILES string of the molecule is COc1ccc(C(=O)Nc2ccc(C)c(F)c2)cc1. The summed E-state index contributed by atoms with van der Waals surface area (Å²) in [5.41, 5.74) is 1.47. The van der Waals surface area contributed by atoms with Gasteiger partial charge in [0.2, 0.25) is 0 Å². The number of aryl methyl sites for hydroxylation is 1. The molecule has 2 aromatic carbocycles. The average Bonchev–Trinajstić information content (AvgIpc) is 2.43. The Balaban J connectivity index is 2.13. The molecule has 1 N–H and O–H groups in total. The molecule has 2 aromatic rings. The van der Waals surface area contributed by atoms with Gasteiger partial charge in [-0.1, -0.05) is 6.07 Å². The molecule has 0 saturated carbocycles. The van der Waals surface area contributed by atoms with Crippen molar-refractivity contribution in [2.24, 2.45) is 0 Å². The Morgan fingerprint density at radius 3 is 2.42 bits per heavy atom. The van der Waals surface area contributed by atoms with Crippen LogP contribution in [0.2, 0.25) is 0 Å². The van der Waals surface area contributed by atoms with Crippen LogP contribution < -0.4 is 10.1 Å². The van der Waals surface area contributed by atoms with Crippen molar-refractivity contribution in [1.82, 2.24) is 0 Å². The van der Waals surface area contributed by atoms with Crippen LogP contribution in [0, 0.1) is 12.7 Å². The fourth-order valence-corrected chi connectivity index (χ4v) is 1.62. The molecule has 2 rings (SSSR count). The van der Waals surface area contributed by atoms with Gasteiger partial charge in [0.1, 0.15) is 11.6 Å². The number of rotatable bonds is 3. The molecule has 4 heteroatoms. The second-order valence-electron chi connectivity index (χ2n) is 4.15. The zero-order chi connectivity index (χ0) is 13.8. The summed E-state index contributed by atoms with van der Waals surface area (Å²) >= 11 is 0. The van der Waals surface area contributed by atoms with Crippen LogP contribution in [0.5, 0.6) is 5.75 Å². The molecule has 19 heavy (non-hydrogen) atoms. The molecule has 3 nitrogen and oxygen atoms in total. The van der Waals surface area contributed by atoms with Crippen molar-refractivity contribution in [1.29, 1.82) is 0 Å². The maximum Gasteiger partial charge on any atom is 0.255 e. The number of carbonyl (C=O) groups excluding carboxylic acids is 1.